The van der Waals surface area contributed by atoms with Crippen LogP contribution in [0.2, 0.25) is 0 Å². The highest BCUT2D eigenvalue weighted by Gasteiger charge is 2.21. The Hall–Kier alpha value is -2.03. The summed E-state index contributed by atoms with van der Waals surface area (Å²) >= 11 is 0. The number of phosphoric acid groups is 1. The molecule has 0 rings (SSSR count). The molecule has 0 aliphatic rings. The molecule has 0 amide bonds. The molecule has 10 heteroatoms. The lowest BCUT2D eigenvalue weighted by Gasteiger charge is -2.28. The quantitative estimate of drug-likeness (QED) is 0.0208. The van der Waals surface area contributed by atoms with E-state index in [2.05, 4.69) is 62.5 Å². The van der Waals surface area contributed by atoms with Gasteiger partial charge in [0.25, 0.3) is 7.82 Å². The normalized spacial score (nSPS) is 14.2. The molecular formula is C41H74NO8P. The van der Waals surface area contributed by atoms with Crippen molar-refractivity contribution in [2.45, 2.75) is 155 Å². The van der Waals surface area contributed by atoms with E-state index in [4.69, 9.17) is 18.5 Å². The molecule has 296 valence electrons. The summed E-state index contributed by atoms with van der Waals surface area (Å²) in [6.45, 7) is 4.03. The number of rotatable bonds is 35. The van der Waals surface area contributed by atoms with Gasteiger partial charge in [-0.1, -0.05) is 114 Å². The van der Waals surface area contributed by atoms with Crippen LogP contribution >= 0.6 is 7.82 Å². The molecule has 0 aromatic rings. The molecule has 0 aromatic carbocycles. The SMILES string of the molecule is CC/C=C\C/C=C\C/C=C\CCCCCC(=O)OC(COC(=O)CCCCCCC/C=C\CCCCCCC)COP(=O)([O-])OCC[N+](C)(C)C. The molecule has 0 N–H and O–H groups in total. The molecule has 0 aromatic heterocycles. The molecule has 0 fully saturated rings. The van der Waals surface area contributed by atoms with Crippen LogP contribution < -0.4 is 4.89 Å². The Kier molecular flexibility index (Phi) is 32.4. The summed E-state index contributed by atoms with van der Waals surface area (Å²) in [6.07, 6.45) is 37.1. The first kappa shape index (κ1) is 49.0. The Morgan fingerprint density at radius 2 is 1.12 bits per heavy atom. The maximum atomic E-state index is 12.6. The van der Waals surface area contributed by atoms with E-state index in [1.807, 2.05) is 21.1 Å². The lowest BCUT2D eigenvalue weighted by Crippen LogP contribution is -2.37. The predicted molar refractivity (Wildman–Crippen MR) is 208 cm³/mol. The first-order valence-electron chi connectivity index (χ1n) is 19.8. The fourth-order valence-electron chi connectivity index (χ4n) is 4.96. The van der Waals surface area contributed by atoms with E-state index in [1.54, 1.807) is 0 Å². The van der Waals surface area contributed by atoms with Crippen molar-refractivity contribution >= 4 is 19.8 Å². The van der Waals surface area contributed by atoms with Gasteiger partial charge in [0.2, 0.25) is 0 Å². The summed E-state index contributed by atoms with van der Waals surface area (Å²) in [6, 6.07) is 0. The molecule has 51 heavy (non-hydrogen) atoms. The van der Waals surface area contributed by atoms with Crippen LogP contribution in [-0.4, -0.2) is 70.0 Å². The predicted octanol–water partition coefficient (Wildman–Crippen LogP) is 10.1. The topological polar surface area (TPSA) is 111 Å². The first-order chi connectivity index (χ1) is 24.5. The average molecular weight is 740 g/mol. The maximum Gasteiger partial charge on any atom is 0.306 e. The summed E-state index contributed by atoms with van der Waals surface area (Å²) in [5.41, 5.74) is 0. The fraction of sp³-hybridized carbons (Fsp3) is 0.756. The second-order valence-corrected chi connectivity index (χ2v) is 15.7. The molecule has 0 aliphatic carbocycles. The van der Waals surface area contributed by atoms with Crippen LogP contribution in [0.5, 0.6) is 0 Å². The van der Waals surface area contributed by atoms with Gasteiger partial charge in [0.15, 0.2) is 6.10 Å². The van der Waals surface area contributed by atoms with Crippen molar-refractivity contribution < 1.29 is 42.1 Å². The third-order valence-corrected chi connectivity index (χ3v) is 9.05. The Balaban J connectivity index is 4.49. The van der Waals surface area contributed by atoms with Gasteiger partial charge in [0.1, 0.15) is 19.8 Å². The number of unbranched alkanes of at least 4 members (excludes halogenated alkanes) is 13. The maximum absolute atomic E-state index is 12.6. The van der Waals surface area contributed by atoms with Crippen LogP contribution in [0.1, 0.15) is 149 Å². The summed E-state index contributed by atoms with van der Waals surface area (Å²) < 4.78 is 33.7. The van der Waals surface area contributed by atoms with Crippen molar-refractivity contribution in [2.75, 3.05) is 47.5 Å². The molecular weight excluding hydrogens is 665 g/mol. The van der Waals surface area contributed by atoms with Crippen LogP contribution in [-0.2, 0) is 32.7 Å². The molecule has 0 saturated carbocycles. The molecule has 0 aliphatic heterocycles. The van der Waals surface area contributed by atoms with E-state index in [1.165, 1.54) is 38.5 Å². The van der Waals surface area contributed by atoms with Crippen molar-refractivity contribution in [2.24, 2.45) is 0 Å². The third kappa shape index (κ3) is 37.5. The minimum absolute atomic E-state index is 0.0395. The van der Waals surface area contributed by atoms with E-state index in [0.29, 0.717) is 23.9 Å². The van der Waals surface area contributed by atoms with Crippen molar-refractivity contribution in [1.82, 2.24) is 0 Å². The first-order valence-corrected chi connectivity index (χ1v) is 21.3. The lowest BCUT2D eigenvalue weighted by atomic mass is 10.1. The Morgan fingerprint density at radius 3 is 1.71 bits per heavy atom. The zero-order valence-electron chi connectivity index (χ0n) is 33.0. The lowest BCUT2D eigenvalue weighted by molar-refractivity contribution is -0.870. The highest BCUT2D eigenvalue weighted by atomic mass is 31.2. The van der Waals surface area contributed by atoms with Crippen molar-refractivity contribution in [3.63, 3.8) is 0 Å². The monoisotopic (exact) mass is 740 g/mol. The van der Waals surface area contributed by atoms with E-state index in [0.717, 1.165) is 70.6 Å². The number of ether oxygens (including phenoxy) is 2. The smallest absolute Gasteiger partial charge is 0.306 e. The summed E-state index contributed by atoms with van der Waals surface area (Å²) in [5.74, 6) is -0.884. The van der Waals surface area contributed by atoms with Gasteiger partial charge in [-0.2, -0.15) is 0 Å². The number of allylic oxidation sites excluding steroid dienone is 8. The Morgan fingerprint density at radius 1 is 0.627 bits per heavy atom. The van der Waals surface area contributed by atoms with E-state index >= 15 is 0 Å². The third-order valence-electron chi connectivity index (χ3n) is 8.08. The minimum Gasteiger partial charge on any atom is -0.756 e. The highest BCUT2D eigenvalue weighted by Crippen LogP contribution is 2.38. The number of likely N-dealkylation sites (N-methyl/N-ethyl adjacent to an activating group) is 1. The zero-order chi connectivity index (χ0) is 37.9. The van der Waals surface area contributed by atoms with Crippen molar-refractivity contribution in [3.05, 3.63) is 48.6 Å². The Bertz CT molecular complexity index is 1020. The number of hydrogen-bond acceptors (Lipinski definition) is 8. The van der Waals surface area contributed by atoms with Gasteiger partial charge in [0.05, 0.1) is 27.7 Å². The zero-order valence-corrected chi connectivity index (χ0v) is 33.9. The Labute approximate surface area is 312 Å². The number of carbonyl (C=O) groups is 2. The summed E-state index contributed by atoms with van der Waals surface area (Å²) in [5, 5.41) is 0. The number of nitrogens with zero attached hydrogens (tertiary/aromatic N) is 1. The second kappa shape index (κ2) is 33.8. The van der Waals surface area contributed by atoms with Gasteiger partial charge in [-0.25, -0.2) is 0 Å². The van der Waals surface area contributed by atoms with E-state index in [9.17, 15) is 19.0 Å². The van der Waals surface area contributed by atoms with E-state index in [-0.39, 0.29) is 26.1 Å². The van der Waals surface area contributed by atoms with Crippen molar-refractivity contribution in [3.8, 4) is 0 Å². The average Bonchev–Trinajstić information content (AvgIpc) is 3.07. The second-order valence-electron chi connectivity index (χ2n) is 14.3. The van der Waals surface area contributed by atoms with Gasteiger partial charge in [-0.3, -0.25) is 14.2 Å². The molecule has 0 saturated heterocycles. The van der Waals surface area contributed by atoms with E-state index < -0.39 is 32.5 Å². The highest BCUT2D eigenvalue weighted by molar-refractivity contribution is 7.45. The van der Waals surface area contributed by atoms with Gasteiger partial charge in [0, 0.05) is 12.8 Å². The van der Waals surface area contributed by atoms with Gasteiger partial charge in [-0.15, -0.1) is 0 Å². The van der Waals surface area contributed by atoms with Gasteiger partial charge >= 0.3 is 11.9 Å². The van der Waals surface area contributed by atoms with Gasteiger partial charge < -0.3 is 27.9 Å². The summed E-state index contributed by atoms with van der Waals surface area (Å²) in [7, 11) is 1.13. The number of quaternary nitrogens is 1. The largest absolute Gasteiger partial charge is 0.756 e. The molecule has 0 spiro atoms. The van der Waals surface area contributed by atoms with Crippen LogP contribution in [0.25, 0.3) is 0 Å². The molecule has 2 unspecified atom stereocenters. The minimum atomic E-state index is -4.63. The van der Waals surface area contributed by atoms with Crippen molar-refractivity contribution in [1.29, 1.82) is 0 Å². The number of phosphoric ester groups is 1. The molecule has 0 heterocycles. The van der Waals surface area contributed by atoms with Crippen LogP contribution in [0.3, 0.4) is 0 Å². The molecule has 0 radical (unpaired) electrons. The van der Waals surface area contributed by atoms with Gasteiger partial charge in [-0.05, 0) is 70.6 Å². The van der Waals surface area contributed by atoms with Crippen LogP contribution in [0.4, 0.5) is 0 Å². The standard InChI is InChI=1S/C41H74NO8P/c1-6-8-10-12-14-16-18-20-22-23-25-27-29-31-33-40(43)47-37-39(38-49-51(45,46)48-36-35-42(3,4)5)50-41(44)34-32-30-28-26-24-21-19-17-15-13-11-9-7-2/h9,11,15,17-18,20-21,24,39H,6-8,10,12-14,16,19,22-23,25-38H2,1-5H3/b11-9-,17-15-,20-18-,24-21-. The molecule has 0 bridgehead atoms. The summed E-state index contributed by atoms with van der Waals surface area (Å²) in [4.78, 5) is 37.4. The fourth-order valence-corrected chi connectivity index (χ4v) is 5.68. The number of carbonyl (C=O) groups excluding carboxylic acids is 2. The number of hydrogen-bond donors (Lipinski definition) is 0. The molecule has 9 nitrogen and oxygen atoms in total. The van der Waals surface area contributed by atoms with Crippen LogP contribution in [0.15, 0.2) is 48.6 Å². The van der Waals surface area contributed by atoms with Crippen LogP contribution in [0, 0.1) is 0 Å². The molecule has 2 atom stereocenters. The number of esters is 2.